The van der Waals surface area contributed by atoms with Gasteiger partial charge in [0.15, 0.2) is 0 Å². The Morgan fingerprint density at radius 3 is 1.42 bits per heavy atom. The molecule has 0 radical (unpaired) electrons. The molecule has 3 aromatic carbocycles. The van der Waals surface area contributed by atoms with Gasteiger partial charge in [-0.2, -0.15) is 0 Å². The Morgan fingerprint density at radius 1 is 0.677 bits per heavy atom. The van der Waals surface area contributed by atoms with Gasteiger partial charge in [0.05, 0.1) is 0 Å². The van der Waals surface area contributed by atoms with Gasteiger partial charge in [-0.05, 0) is 59.4 Å². The topological polar surface area (TPSA) is 52.6 Å². The summed E-state index contributed by atoms with van der Waals surface area (Å²) >= 11 is 0. The van der Waals surface area contributed by atoms with Gasteiger partial charge in [-0.3, -0.25) is 9.59 Å². The van der Waals surface area contributed by atoms with Gasteiger partial charge in [0.2, 0.25) is 0 Å². The molecule has 4 heteroatoms. The predicted molar refractivity (Wildman–Crippen MR) is 119 cm³/mol. The van der Waals surface area contributed by atoms with Crippen LogP contribution in [0.1, 0.15) is 48.9 Å². The average Bonchev–Trinajstić information content (AvgIpc) is 3.20. The summed E-state index contributed by atoms with van der Waals surface area (Å²) in [7, 11) is 0. The number of carbonyl (C=O) groups excluding carboxylic acids is 2. The minimum Gasteiger partial charge on any atom is -0.427 e. The third kappa shape index (κ3) is 4.24. The highest BCUT2D eigenvalue weighted by molar-refractivity contribution is 5.72. The first kappa shape index (κ1) is 20.9. The summed E-state index contributed by atoms with van der Waals surface area (Å²) in [6.07, 6.45) is 2.45. The number of hydrogen-bond acceptors (Lipinski definition) is 4. The molecule has 31 heavy (non-hydrogen) atoms. The Labute approximate surface area is 182 Å². The van der Waals surface area contributed by atoms with Crippen LogP contribution >= 0.6 is 0 Å². The quantitative estimate of drug-likeness (QED) is 0.400. The number of esters is 2. The predicted octanol–water partition coefficient (Wildman–Crippen LogP) is 5.40. The van der Waals surface area contributed by atoms with Crippen molar-refractivity contribution < 1.29 is 19.1 Å². The van der Waals surface area contributed by atoms with Gasteiger partial charge in [-0.1, -0.05) is 62.4 Å². The lowest BCUT2D eigenvalue weighted by atomic mass is 9.72. The van der Waals surface area contributed by atoms with Crippen molar-refractivity contribution in [1.29, 1.82) is 0 Å². The minimum absolute atomic E-state index is 0.232. The summed E-state index contributed by atoms with van der Waals surface area (Å²) in [6, 6.07) is 24.2. The van der Waals surface area contributed by atoms with Gasteiger partial charge in [0.1, 0.15) is 11.5 Å². The molecule has 4 nitrogen and oxygen atoms in total. The molecule has 0 aliphatic heterocycles. The first-order valence-electron chi connectivity index (χ1n) is 10.7. The van der Waals surface area contributed by atoms with E-state index in [0.717, 1.165) is 12.8 Å². The number of benzene rings is 3. The molecule has 158 valence electrons. The standard InChI is InChI=1S/C27H26O4/c1-3-25(28)30-23-13-9-21(10-14-23)27(17-19-7-5-6-8-20(19)18-27)22-11-15-24(16-12-22)31-26(29)4-2/h5-16H,3-4,17-18H2,1-2H3. The SMILES string of the molecule is CCC(=O)Oc1ccc(C2(c3ccc(OC(=O)CC)cc3)Cc3ccccc3C2)cc1. The first-order chi connectivity index (χ1) is 15.0. The van der Waals surface area contributed by atoms with Crippen LogP contribution in [0.25, 0.3) is 0 Å². The van der Waals surface area contributed by atoms with Gasteiger partial charge >= 0.3 is 11.9 Å². The minimum atomic E-state index is -0.243. The normalized spacial score (nSPS) is 14.0. The molecule has 0 heterocycles. The number of hydrogen-bond donors (Lipinski definition) is 0. The molecule has 0 bridgehead atoms. The van der Waals surface area contributed by atoms with Crippen molar-refractivity contribution in [2.45, 2.75) is 44.9 Å². The molecular weight excluding hydrogens is 388 g/mol. The summed E-state index contributed by atoms with van der Waals surface area (Å²) in [5, 5.41) is 0. The zero-order valence-electron chi connectivity index (χ0n) is 17.9. The molecule has 0 amide bonds. The lowest BCUT2D eigenvalue weighted by Gasteiger charge is -2.31. The molecule has 0 N–H and O–H groups in total. The molecule has 4 rings (SSSR count). The average molecular weight is 415 g/mol. The Kier molecular flexibility index (Phi) is 5.90. The molecule has 0 atom stereocenters. The van der Waals surface area contributed by atoms with E-state index in [1.165, 1.54) is 22.3 Å². The summed E-state index contributed by atoms with van der Waals surface area (Å²) in [6.45, 7) is 3.56. The molecule has 1 aliphatic carbocycles. The number of rotatable bonds is 6. The Bertz CT molecular complexity index is 992. The second kappa shape index (κ2) is 8.76. The van der Waals surface area contributed by atoms with Crippen LogP contribution in [0.15, 0.2) is 72.8 Å². The van der Waals surface area contributed by atoms with Crippen molar-refractivity contribution in [3.63, 3.8) is 0 Å². The van der Waals surface area contributed by atoms with E-state index in [1.54, 1.807) is 13.8 Å². The van der Waals surface area contributed by atoms with Crippen LogP contribution in [0.5, 0.6) is 11.5 Å². The fourth-order valence-electron chi connectivity index (χ4n) is 4.28. The number of ether oxygens (including phenoxy) is 2. The number of carbonyl (C=O) groups is 2. The molecule has 0 spiro atoms. The third-order valence-electron chi connectivity index (χ3n) is 5.96. The van der Waals surface area contributed by atoms with E-state index in [4.69, 9.17) is 9.47 Å². The van der Waals surface area contributed by atoms with Crippen molar-refractivity contribution in [1.82, 2.24) is 0 Å². The molecular formula is C27H26O4. The molecule has 0 saturated heterocycles. The number of fused-ring (bicyclic) bond motifs is 1. The molecule has 1 aliphatic rings. The second-order valence-corrected chi connectivity index (χ2v) is 7.91. The fraction of sp³-hybridized carbons (Fsp3) is 0.259. The fourth-order valence-corrected chi connectivity index (χ4v) is 4.28. The van der Waals surface area contributed by atoms with E-state index < -0.39 is 0 Å². The van der Waals surface area contributed by atoms with E-state index in [2.05, 4.69) is 48.5 Å². The van der Waals surface area contributed by atoms with E-state index >= 15 is 0 Å². The molecule has 3 aromatic rings. The van der Waals surface area contributed by atoms with Crippen molar-refractivity contribution >= 4 is 11.9 Å². The third-order valence-corrected chi connectivity index (χ3v) is 5.96. The lowest BCUT2D eigenvalue weighted by Crippen LogP contribution is -2.28. The van der Waals surface area contributed by atoms with Gasteiger partial charge in [0.25, 0.3) is 0 Å². The summed E-state index contributed by atoms with van der Waals surface area (Å²) in [5.74, 6) is 0.632. The Balaban J connectivity index is 1.70. The highest BCUT2D eigenvalue weighted by atomic mass is 16.5. The first-order valence-corrected chi connectivity index (χ1v) is 10.7. The zero-order valence-corrected chi connectivity index (χ0v) is 17.9. The molecule has 0 saturated carbocycles. The van der Waals surface area contributed by atoms with Crippen LogP contribution in [0.2, 0.25) is 0 Å². The maximum atomic E-state index is 11.6. The van der Waals surface area contributed by atoms with E-state index in [1.807, 2.05) is 24.3 Å². The van der Waals surface area contributed by atoms with Crippen LogP contribution in [-0.2, 0) is 27.8 Å². The monoisotopic (exact) mass is 414 g/mol. The van der Waals surface area contributed by atoms with Crippen molar-refractivity contribution in [2.75, 3.05) is 0 Å². The highest BCUT2D eigenvalue weighted by Crippen LogP contribution is 2.45. The van der Waals surface area contributed by atoms with Crippen LogP contribution in [-0.4, -0.2) is 11.9 Å². The smallest absolute Gasteiger partial charge is 0.310 e. The summed E-state index contributed by atoms with van der Waals surface area (Å²) in [5.41, 5.74) is 4.78. The summed E-state index contributed by atoms with van der Waals surface area (Å²) in [4.78, 5) is 23.3. The van der Waals surface area contributed by atoms with Crippen molar-refractivity contribution in [2.24, 2.45) is 0 Å². The van der Waals surface area contributed by atoms with Crippen LogP contribution < -0.4 is 9.47 Å². The maximum Gasteiger partial charge on any atom is 0.310 e. The highest BCUT2D eigenvalue weighted by Gasteiger charge is 2.40. The maximum absolute atomic E-state index is 11.6. The van der Waals surface area contributed by atoms with Crippen LogP contribution in [0.3, 0.4) is 0 Å². The van der Waals surface area contributed by atoms with E-state index in [9.17, 15) is 9.59 Å². The van der Waals surface area contributed by atoms with Gasteiger partial charge in [-0.25, -0.2) is 0 Å². The van der Waals surface area contributed by atoms with Gasteiger partial charge in [0, 0.05) is 18.3 Å². The van der Waals surface area contributed by atoms with E-state index in [0.29, 0.717) is 24.3 Å². The largest absolute Gasteiger partial charge is 0.427 e. The molecule has 0 unspecified atom stereocenters. The lowest BCUT2D eigenvalue weighted by molar-refractivity contribution is -0.134. The van der Waals surface area contributed by atoms with E-state index in [-0.39, 0.29) is 17.4 Å². The summed E-state index contributed by atoms with van der Waals surface area (Å²) < 4.78 is 10.7. The zero-order chi connectivity index (χ0) is 21.8. The van der Waals surface area contributed by atoms with Crippen LogP contribution in [0, 0.1) is 0 Å². The van der Waals surface area contributed by atoms with Crippen molar-refractivity contribution in [3.8, 4) is 11.5 Å². The second-order valence-electron chi connectivity index (χ2n) is 7.91. The Morgan fingerprint density at radius 2 is 1.06 bits per heavy atom. The Hall–Kier alpha value is -3.40. The van der Waals surface area contributed by atoms with Gasteiger partial charge < -0.3 is 9.47 Å². The molecule has 0 aromatic heterocycles. The van der Waals surface area contributed by atoms with Crippen LogP contribution in [0.4, 0.5) is 0 Å². The molecule has 0 fully saturated rings. The van der Waals surface area contributed by atoms with Crippen molar-refractivity contribution in [3.05, 3.63) is 95.1 Å². The van der Waals surface area contributed by atoms with Gasteiger partial charge in [-0.15, -0.1) is 0 Å².